The molecule has 1 atom stereocenters. The Hall–Kier alpha value is -3.41. The number of ether oxygens (including phenoxy) is 1. The Balaban J connectivity index is 1.83. The van der Waals surface area contributed by atoms with Crippen LogP contribution in [0.25, 0.3) is 0 Å². The molecular formula is C18H17F3N4O4S. The van der Waals surface area contributed by atoms with E-state index in [0.717, 1.165) is 6.07 Å². The number of nitrogens with zero attached hydrogens (tertiary/aromatic N) is 1. The van der Waals surface area contributed by atoms with E-state index >= 15 is 0 Å². The molecule has 0 radical (unpaired) electrons. The topological polar surface area (TPSA) is 109 Å². The van der Waals surface area contributed by atoms with E-state index in [-0.39, 0.29) is 5.69 Å². The van der Waals surface area contributed by atoms with E-state index in [0.29, 0.717) is 17.7 Å². The lowest BCUT2D eigenvalue weighted by Crippen LogP contribution is -2.40. The molecule has 0 aliphatic heterocycles. The molecule has 2 aromatic rings. The van der Waals surface area contributed by atoms with Crippen molar-refractivity contribution < 1.29 is 32.3 Å². The zero-order chi connectivity index (χ0) is 22.3. The molecule has 1 aromatic carbocycles. The first kappa shape index (κ1) is 22.9. The van der Waals surface area contributed by atoms with Gasteiger partial charge in [0, 0.05) is 11.9 Å². The molecule has 2 rings (SSSR count). The number of esters is 1. The predicted molar refractivity (Wildman–Crippen MR) is 104 cm³/mol. The zero-order valence-electron chi connectivity index (χ0n) is 15.6. The van der Waals surface area contributed by atoms with Gasteiger partial charge in [-0.3, -0.25) is 9.59 Å². The minimum absolute atomic E-state index is 0.00207. The first-order valence-corrected chi connectivity index (χ1v) is 9.33. The van der Waals surface area contributed by atoms with Gasteiger partial charge in [0.1, 0.15) is 0 Å². The normalized spacial score (nSPS) is 11.3. The number of carbonyl (C=O) groups is 3. The van der Waals surface area contributed by atoms with Crippen molar-refractivity contribution in [2.75, 3.05) is 23.7 Å². The Morgan fingerprint density at radius 3 is 2.70 bits per heavy atom. The average molecular weight is 442 g/mol. The summed E-state index contributed by atoms with van der Waals surface area (Å²) >= 11 is 1.17. The highest BCUT2D eigenvalue weighted by molar-refractivity contribution is 7.13. The van der Waals surface area contributed by atoms with E-state index in [2.05, 4.69) is 22.2 Å². The summed E-state index contributed by atoms with van der Waals surface area (Å²) < 4.78 is 44.6. The summed E-state index contributed by atoms with van der Waals surface area (Å²) in [6, 6.07) is 1.48. The van der Waals surface area contributed by atoms with Gasteiger partial charge in [0.15, 0.2) is 34.4 Å². The van der Waals surface area contributed by atoms with Crippen LogP contribution < -0.4 is 16.0 Å². The van der Waals surface area contributed by atoms with Gasteiger partial charge >= 0.3 is 5.97 Å². The summed E-state index contributed by atoms with van der Waals surface area (Å²) in [6.07, 6.45) is 0.361. The molecular weight excluding hydrogens is 425 g/mol. The van der Waals surface area contributed by atoms with Crippen molar-refractivity contribution in [3.8, 4) is 0 Å². The van der Waals surface area contributed by atoms with Gasteiger partial charge in [0.2, 0.25) is 5.91 Å². The highest BCUT2D eigenvalue weighted by atomic mass is 32.1. The predicted octanol–water partition coefficient (Wildman–Crippen LogP) is 2.46. The van der Waals surface area contributed by atoms with Crippen molar-refractivity contribution in [1.82, 2.24) is 10.3 Å². The molecule has 0 saturated carbocycles. The van der Waals surface area contributed by atoms with Crippen molar-refractivity contribution in [3.63, 3.8) is 0 Å². The molecule has 1 aromatic heterocycles. The van der Waals surface area contributed by atoms with E-state index in [1.807, 2.05) is 5.32 Å². The summed E-state index contributed by atoms with van der Waals surface area (Å²) in [6.45, 7) is 4.66. The van der Waals surface area contributed by atoms with Crippen molar-refractivity contribution >= 4 is 39.9 Å². The number of thiazole rings is 1. The summed E-state index contributed by atoms with van der Waals surface area (Å²) in [5.41, 5.74) is -0.588. The monoisotopic (exact) mass is 442 g/mol. The van der Waals surface area contributed by atoms with Gasteiger partial charge in [-0.25, -0.2) is 22.9 Å². The van der Waals surface area contributed by atoms with Crippen molar-refractivity contribution in [3.05, 3.63) is 53.3 Å². The minimum Gasteiger partial charge on any atom is -0.448 e. The third-order valence-electron chi connectivity index (χ3n) is 3.50. The van der Waals surface area contributed by atoms with Gasteiger partial charge in [-0.2, -0.15) is 0 Å². The van der Waals surface area contributed by atoms with Crippen molar-refractivity contribution in [1.29, 1.82) is 0 Å². The van der Waals surface area contributed by atoms with E-state index < -0.39 is 53.6 Å². The average Bonchev–Trinajstić information content (AvgIpc) is 3.20. The number of halogens is 3. The lowest BCUT2D eigenvalue weighted by Gasteiger charge is -2.13. The molecule has 1 unspecified atom stereocenters. The summed E-state index contributed by atoms with van der Waals surface area (Å²) in [7, 11) is 0. The van der Waals surface area contributed by atoms with Crippen LogP contribution in [0.3, 0.4) is 0 Å². The maximum atomic E-state index is 13.5. The molecule has 0 spiro atoms. The number of anilines is 2. The van der Waals surface area contributed by atoms with Gasteiger partial charge < -0.3 is 20.7 Å². The number of hydrogen-bond donors (Lipinski definition) is 3. The lowest BCUT2D eigenvalue weighted by atomic mass is 10.2. The second kappa shape index (κ2) is 10.4. The van der Waals surface area contributed by atoms with Crippen LogP contribution in [0, 0.1) is 17.5 Å². The van der Waals surface area contributed by atoms with Gasteiger partial charge in [-0.05, 0) is 19.1 Å². The molecule has 160 valence electrons. The Labute approximate surface area is 173 Å². The Morgan fingerprint density at radius 2 is 2.00 bits per heavy atom. The standard InChI is InChI=1S/C18H17F3N4O4S/c1-3-6-22-18-25-12(8-30-18)17(28)29-9(2)16(27)23-7-13(26)24-11-5-4-10(19)14(20)15(11)21/h3-5,8-9H,1,6-7H2,2H3,(H,22,25)(H,23,27)(H,24,26). The van der Waals surface area contributed by atoms with Gasteiger partial charge in [-0.15, -0.1) is 17.9 Å². The lowest BCUT2D eigenvalue weighted by molar-refractivity contribution is -0.130. The van der Waals surface area contributed by atoms with E-state index in [4.69, 9.17) is 4.74 Å². The van der Waals surface area contributed by atoms with Gasteiger partial charge in [-0.1, -0.05) is 6.08 Å². The van der Waals surface area contributed by atoms with E-state index in [9.17, 15) is 27.6 Å². The first-order valence-electron chi connectivity index (χ1n) is 8.45. The first-order chi connectivity index (χ1) is 14.2. The summed E-state index contributed by atoms with van der Waals surface area (Å²) in [5.74, 6) is -7.25. The number of benzene rings is 1. The summed E-state index contributed by atoms with van der Waals surface area (Å²) in [4.78, 5) is 39.8. The number of carbonyl (C=O) groups excluding carboxylic acids is 3. The number of rotatable bonds is 9. The molecule has 12 heteroatoms. The molecule has 8 nitrogen and oxygen atoms in total. The van der Waals surface area contributed by atoms with Crippen LogP contribution in [0.15, 0.2) is 30.2 Å². The summed E-state index contributed by atoms with van der Waals surface area (Å²) in [5, 5.41) is 8.99. The Kier molecular flexibility index (Phi) is 7.92. The maximum absolute atomic E-state index is 13.5. The Bertz CT molecular complexity index is 967. The van der Waals surface area contributed by atoms with Crippen LogP contribution >= 0.6 is 11.3 Å². The molecule has 0 aliphatic rings. The maximum Gasteiger partial charge on any atom is 0.358 e. The van der Waals surface area contributed by atoms with Crippen molar-refractivity contribution in [2.24, 2.45) is 0 Å². The molecule has 0 fully saturated rings. The number of hydrogen-bond acceptors (Lipinski definition) is 7. The number of amides is 2. The van der Waals surface area contributed by atoms with Crippen molar-refractivity contribution in [2.45, 2.75) is 13.0 Å². The van der Waals surface area contributed by atoms with Crippen LogP contribution in [0.4, 0.5) is 24.0 Å². The second-order valence-electron chi connectivity index (χ2n) is 5.74. The third kappa shape index (κ3) is 6.04. The third-order valence-corrected chi connectivity index (χ3v) is 4.30. The molecule has 0 saturated heterocycles. The number of aromatic nitrogens is 1. The van der Waals surface area contributed by atoms with Crippen LogP contribution in [0.5, 0.6) is 0 Å². The fourth-order valence-electron chi connectivity index (χ4n) is 2.01. The highest BCUT2D eigenvalue weighted by Crippen LogP contribution is 2.19. The van der Waals surface area contributed by atoms with Gasteiger partial charge in [0.05, 0.1) is 12.2 Å². The van der Waals surface area contributed by atoms with Crippen LogP contribution in [0.2, 0.25) is 0 Å². The molecule has 0 aliphatic carbocycles. The molecule has 30 heavy (non-hydrogen) atoms. The SMILES string of the molecule is C=CCNc1nc(C(=O)OC(C)C(=O)NCC(=O)Nc2ccc(F)c(F)c2F)cs1. The van der Waals surface area contributed by atoms with Crippen LogP contribution in [-0.4, -0.2) is 42.0 Å². The fraction of sp³-hybridized carbons (Fsp3) is 0.222. The highest BCUT2D eigenvalue weighted by Gasteiger charge is 2.22. The van der Waals surface area contributed by atoms with Crippen LogP contribution in [0.1, 0.15) is 17.4 Å². The zero-order valence-corrected chi connectivity index (χ0v) is 16.4. The molecule has 0 bridgehead atoms. The largest absolute Gasteiger partial charge is 0.448 e. The molecule has 3 N–H and O–H groups in total. The fourth-order valence-corrected chi connectivity index (χ4v) is 2.70. The second-order valence-corrected chi connectivity index (χ2v) is 6.60. The van der Waals surface area contributed by atoms with Crippen LogP contribution in [-0.2, 0) is 14.3 Å². The Morgan fingerprint density at radius 1 is 1.27 bits per heavy atom. The van der Waals surface area contributed by atoms with E-state index in [1.54, 1.807) is 6.08 Å². The van der Waals surface area contributed by atoms with Gasteiger partial charge in [0.25, 0.3) is 5.91 Å². The van der Waals surface area contributed by atoms with E-state index in [1.165, 1.54) is 23.6 Å². The molecule has 1 heterocycles. The number of nitrogens with one attached hydrogen (secondary N) is 3. The smallest absolute Gasteiger partial charge is 0.358 e. The quantitative estimate of drug-likeness (QED) is 0.313. The molecule has 2 amide bonds. The minimum atomic E-state index is -1.73.